The van der Waals surface area contributed by atoms with E-state index >= 15 is 0 Å². The average molecular weight is 374 g/mol. The van der Waals surface area contributed by atoms with E-state index in [4.69, 9.17) is 9.47 Å². The number of amides is 2. The highest BCUT2D eigenvalue weighted by Crippen LogP contribution is 2.38. The van der Waals surface area contributed by atoms with Crippen molar-refractivity contribution in [3.8, 4) is 11.5 Å². The first kappa shape index (κ1) is 19.5. The highest BCUT2D eigenvalue weighted by molar-refractivity contribution is 5.94. The van der Waals surface area contributed by atoms with Crippen LogP contribution in [0, 0.1) is 11.8 Å². The number of anilines is 1. The van der Waals surface area contributed by atoms with Gasteiger partial charge in [0.2, 0.25) is 11.8 Å². The topological polar surface area (TPSA) is 67.9 Å². The summed E-state index contributed by atoms with van der Waals surface area (Å²) < 4.78 is 11.6. The van der Waals surface area contributed by atoms with E-state index in [2.05, 4.69) is 5.32 Å². The number of nitrogens with one attached hydrogen (secondary N) is 1. The SMILES string of the molecule is CCOc1cc2c(cc1NC(=O)C1CCN(C(=O)C(C)C)CC1)OC(C)C2. The summed E-state index contributed by atoms with van der Waals surface area (Å²) in [6, 6.07) is 3.85. The third-order valence-corrected chi connectivity index (χ3v) is 5.23. The molecule has 0 saturated carbocycles. The summed E-state index contributed by atoms with van der Waals surface area (Å²) in [6.07, 6.45) is 2.37. The Morgan fingerprint density at radius 1 is 1.30 bits per heavy atom. The Balaban J connectivity index is 1.66. The van der Waals surface area contributed by atoms with Crippen LogP contribution < -0.4 is 14.8 Å². The molecule has 1 aromatic carbocycles. The van der Waals surface area contributed by atoms with Crippen LogP contribution in [0.2, 0.25) is 0 Å². The molecule has 148 valence electrons. The van der Waals surface area contributed by atoms with E-state index in [1.165, 1.54) is 0 Å². The van der Waals surface area contributed by atoms with Crippen LogP contribution in [-0.2, 0) is 16.0 Å². The number of hydrogen-bond donors (Lipinski definition) is 1. The molecule has 0 aliphatic carbocycles. The first-order chi connectivity index (χ1) is 12.9. The minimum Gasteiger partial charge on any atom is -0.492 e. The molecule has 1 aromatic rings. The van der Waals surface area contributed by atoms with E-state index in [-0.39, 0.29) is 29.8 Å². The monoisotopic (exact) mass is 374 g/mol. The standard InChI is InChI=1S/C21H30N2O4/c1-5-26-19-11-16-10-14(4)27-18(16)12-17(19)22-20(24)15-6-8-23(9-7-15)21(25)13(2)3/h11-15H,5-10H2,1-4H3,(H,22,24). The Labute approximate surface area is 161 Å². The molecule has 0 spiro atoms. The number of benzene rings is 1. The van der Waals surface area contributed by atoms with Crippen molar-refractivity contribution in [1.29, 1.82) is 0 Å². The second-order valence-electron chi connectivity index (χ2n) is 7.77. The molecule has 0 bridgehead atoms. The predicted molar refractivity (Wildman–Crippen MR) is 104 cm³/mol. The van der Waals surface area contributed by atoms with E-state index in [0.29, 0.717) is 44.0 Å². The second kappa shape index (κ2) is 8.19. The molecular formula is C21H30N2O4. The number of hydrogen-bond acceptors (Lipinski definition) is 4. The lowest BCUT2D eigenvalue weighted by Crippen LogP contribution is -2.43. The van der Waals surface area contributed by atoms with E-state index in [1.54, 1.807) is 0 Å². The lowest BCUT2D eigenvalue weighted by atomic mass is 9.95. The molecule has 1 fully saturated rings. The van der Waals surface area contributed by atoms with Crippen molar-refractivity contribution in [2.45, 2.75) is 53.1 Å². The van der Waals surface area contributed by atoms with Gasteiger partial charge in [-0.2, -0.15) is 0 Å². The molecule has 27 heavy (non-hydrogen) atoms. The van der Waals surface area contributed by atoms with Gasteiger partial charge in [-0.25, -0.2) is 0 Å². The van der Waals surface area contributed by atoms with Crippen molar-refractivity contribution in [2.24, 2.45) is 11.8 Å². The maximum Gasteiger partial charge on any atom is 0.227 e. The number of ether oxygens (including phenoxy) is 2. The molecule has 2 aliphatic rings. The first-order valence-electron chi connectivity index (χ1n) is 9.95. The maximum atomic E-state index is 12.8. The Bertz CT molecular complexity index is 708. The zero-order valence-corrected chi connectivity index (χ0v) is 16.7. The third kappa shape index (κ3) is 4.37. The van der Waals surface area contributed by atoms with Gasteiger partial charge in [-0.15, -0.1) is 0 Å². The summed E-state index contributed by atoms with van der Waals surface area (Å²) in [5.41, 5.74) is 1.78. The Hall–Kier alpha value is -2.24. The zero-order valence-electron chi connectivity index (χ0n) is 16.7. The average Bonchev–Trinajstić information content (AvgIpc) is 3.00. The van der Waals surface area contributed by atoms with Crippen molar-refractivity contribution >= 4 is 17.5 Å². The van der Waals surface area contributed by atoms with Gasteiger partial charge in [0.25, 0.3) is 0 Å². The van der Waals surface area contributed by atoms with Crippen LogP contribution in [0.1, 0.15) is 46.1 Å². The maximum absolute atomic E-state index is 12.8. The number of piperidine rings is 1. The number of nitrogens with zero attached hydrogens (tertiary/aromatic N) is 1. The Kier molecular flexibility index (Phi) is 5.92. The summed E-state index contributed by atoms with van der Waals surface area (Å²) >= 11 is 0. The lowest BCUT2D eigenvalue weighted by Gasteiger charge is -2.32. The molecule has 2 amide bonds. The van der Waals surface area contributed by atoms with Gasteiger partial charge in [0.1, 0.15) is 17.6 Å². The molecule has 2 aliphatic heterocycles. The van der Waals surface area contributed by atoms with Gasteiger partial charge >= 0.3 is 0 Å². The van der Waals surface area contributed by atoms with Gasteiger partial charge in [0, 0.05) is 43.0 Å². The molecule has 6 nitrogen and oxygen atoms in total. The highest BCUT2D eigenvalue weighted by atomic mass is 16.5. The zero-order chi connectivity index (χ0) is 19.6. The van der Waals surface area contributed by atoms with Crippen molar-refractivity contribution in [3.05, 3.63) is 17.7 Å². The number of fused-ring (bicyclic) bond motifs is 1. The van der Waals surface area contributed by atoms with Crippen LogP contribution in [0.15, 0.2) is 12.1 Å². The summed E-state index contributed by atoms with van der Waals surface area (Å²) in [4.78, 5) is 26.8. The van der Waals surface area contributed by atoms with Crippen molar-refractivity contribution in [1.82, 2.24) is 4.90 Å². The van der Waals surface area contributed by atoms with Crippen molar-refractivity contribution < 1.29 is 19.1 Å². The molecule has 1 unspecified atom stereocenters. The molecule has 6 heteroatoms. The number of carbonyl (C=O) groups excluding carboxylic acids is 2. The first-order valence-corrected chi connectivity index (χ1v) is 9.95. The van der Waals surface area contributed by atoms with Crippen LogP contribution in [-0.4, -0.2) is 42.5 Å². The van der Waals surface area contributed by atoms with Gasteiger partial charge in [-0.3, -0.25) is 9.59 Å². The summed E-state index contributed by atoms with van der Waals surface area (Å²) in [5.74, 6) is 1.56. The molecule has 1 atom stereocenters. The number of likely N-dealkylation sites (tertiary alicyclic amines) is 1. The number of carbonyl (C=O) groups is 2. The summed E-state index contributed by atoms with van der Waals surface area (Å²) in [5, 5.41) is 3.03. The van der Waals surface area contributed by atoms with Crippen LogP contribution in [0.25, 0.3) is 0 Å². The summed E-state index contributed by atoms with van der Waals surface area (Å²) in [6.45, 7) is 9.59. The molecular weight excluding hydrogens is 344 g/mol. The lowest BCUT2D eigenvalue weighted by molar-refractivity contribution is -0.137. The van der Waals surface area contributed by atoms with Gasteiger partial charge in [0.15, 0.2) is 0 Å². The van der Waals surface area contributed by atoms with E-state index < -0.39 is 0 Å². The molecule has 2 heterocycles. The van der Waals surface area contributed by atoms with Crippen molar-refractivity contribution in [2.75, 3.05) is 25.0 Å². The molecule has 1 N–H and O–H groups in total. The van der Waals surface area contributed by atoms with E-state index in [1.807, 2.05) is 44.7 Å². The van der Waals surface area contributed by atoms with Crippen molar-refractivity contribution in [3.63, 3.8) is 0 Å². The quantitative estimate of drug-likeness (QED) is 0.859. The van der Waals surface area contributed by atoms with E-state index in [0.717, 1.165) is 17.7 Å². The molecule has 0 aromatic heterocycles. The second-order valence-corrected chi connectivity index (χ2v) is 7.77. The third-order valence-electron chi connectivity index (χ3n) is 5.23. The van der Waals surface area contributed by atoms with Gasteiger partial charge in [-0.1, -0.05) is 13.8 Å². The fourth-order valence-corrected chi connectivity index (χ4v) is 3.77. The molecule has 0 radical (unpaired) electrons. The fourth-order valence-electron chi connectivity index (χ4n) is 3.77. The van der Waals surface area contributed by atoms with Gasteiger partial charge in [0.05, 0.1) is 12.3 Å². The Morgan fingerprint density at radius 2 is 2.00 bits per heavy atom. The predicted octanol–water partition coefficient (Wildman–Crippen LogP) is 3.24. The molecule has 3 rings (SSSR count). The van der Waals surface area contributed by atoms with Crippen LogP contribution >= 0.6 is 0 Å². The van der Waals surface area contributed by atoms with Crippen LogP contribution in [0.5, 0.6) is 11.5 Å². The summed E-state index contributed by atoms with van der Waals surface area (Å²) in [7, 11) is 0. The highest BCUT2D eigenvalue weighted by Gasteiger charge is 2.29. The number of rotatable bonds is 5. The minimum atomic E-state index is -0.0937. The molecule has 1 saturated heterocycles. The van der Waals surface area contributed by atoms with E-state index in [9.17, 15) is 9.59 Å². The van der Waals surface area contributed by atoms with Crippen LogP contribution in [0.3, 0.4) is 0 Å². The largest absolute Gasteiger partial charge is 0.492 e. The fraction of sp³-hybridized carbons (Fsp3) is 0.619. The smallest absolute Gasteiger partial charge is 0.227 e. The minimum absolute atomic E-state index is 0.00191. The van der Waals surface area contributed by atoms with Gasteiger partial charge < -0.3 is 19.7 Å². The van der Waals surface area contributed by atoms with Crippen LogP contribution in [0.4, 0.5) is 5.69 Å². The van der Waals surface area contributed by atoms with Gasteiger partial charge in [-0.05, 0) is 32.8 Å². The normalized spacial score (nSPS) is 19.6. The Morgan fingerprint density at radius 3 is 2.63 bits per heavy atom.